The maximum atomic E-state index is 3.06. The molecule has 38 valence electrons. The van der Waals surface area contributed by atoms with Crippen LogP contribution >= 0.6 is 0 Å². The van der Waals surface area contributed by atoms with E-state index in [4.69, 9.17) is 0 Å². The van der Waals surface area contributed by atoms with Crippen LogP contribution in [0.1, 0.15) is 6.92 Å². The van der Waals surface area contributed by atoms with E-state index >= 15 is 0 Å². The fourth-order valence-corrected chi connectivity index (χ4v) is 0.546. The Hall–Kier alpha value is -0.720. The average molecular weight is 95.1 g/mol. The summed E-state index contributed by atoms with van der Waals surface area (Å²) in [4.78, 5) is 0. The van der Waals surface area contributed by atoms with Crippen LogP contribution in [0.3, 0.4) is 0 Å². The van der Waals surface area contributed by atoms with Gasteiger partial charge in [-0.3, -0.25) is 0 Å². The zero-order chi connectivity index (χ0) is 5.11. The predicted octanol–water partition coefficient (Wildman–Crippen LogP) is 1.05. The molecule has 0 aromatic rings. The Bertz CT molecular complexity index is 111. The second kappa shape index (κ2) is 1.82. The molecule has 1 aliphatic heterocycles. The molecule has 0 aromatic carbocycles. The first-order valence-corrected chi connectivity index (χ1v) is 2.46. The molecule has 0 unspecified atom stereocenters. The van der Waals surface area contributed by atoms with Crippen LogP contribution in [0.4, 0.5) is 0 Å². The van der Waals surface area contributed by atoms with Gasteiger partial charge in [-0.15, -0.1) is 0 Å². The van der Waals surface area contributed by atoms with Gasteiger partial charge in [-0.05, 0) is 19.2 Å². The molecule has 1 nitrogen and oxygen atoms in total. The third kappa shape index (κ3) is 1.07. The van der Waals surface area contributed by atoms with Gasteiger partial charge in [0.2, 0.25) is 0 Å². The normalized spacial score (nSPS) is 18.1. The van der Waals surface area contributed by atoms with Crippen LogP contribution in [0.5, 0.6) is 0 Å². The van der Waals surface area contributed by atoms with Gasteiger partial charge in [0.05, 0.1) is 0 Å². The molecule has 1 heterocycles. The summed E-state index contributed by atoms with van der Waals surface area (Å²) < 4.78 is 0. The largest absolute Gasteiger partial charge is 0.387 e. The third-order valence-corrected chi connectivity index (χ3v) is 1.01. The van der Waals surface area contributed by atoms with Gasteiger partial charge in [-0.25, -0.2) is 0 Å². The zero-order valence-corrected chi connectivity index (χ0v) is 4.44. The van der Waals surface area contributed by atoms with Crippen molar-refractivity contribution in [3.05, 3.63) is 23.9 Å². The lowest BCUT2D eigenvalue weighted by Gasteiger charge is -2.00. The standard InChI is InChI=1S/C6H9N/c1-6-2-4-7-5-3-6/h2-4,7H,5H2,1H3. The van der Waals surface area contributed by atoms with E-state index in [0.717, 1.165) is 6.54 Å². The minimum Gasteiger partial charge on any atom is -0.387 e. The van der Waals surface area contributed by atoms with E-state index in [1.807, 2.05) is 6.20 Å². The van der Waals surface area contributed by atoms with Crippen LogP contribution in [-0.2, 0) is 0 Å². The Morgan fingerprint density at radius 1 is 1.71 bits per heavy atom. The topological polar surface area (TPSA) is 12.0 Å². The van der Waals surface area contributed by atoms with E-state index in [9.17, 15) is 0 Å². The first-order chi connectivity index (χ1) is 3.39. The quantitative estimate of drug-likeness (QED) is 0.474. The van der Waals surface area contributed by atoms with Crippen LogP contribution in [0.15, 0.2) is 23.9 Å². The number of dihydropyridines is 1. The number of allylic oxidation sites excluding steroid dienone is 2. The summed E-state index contributed by atoms with van der Waals surface area (Å²) in [6.07, 6.45) is 6.18. The lowest BCUT2D eigenvalue weighted by atomic mass is 10.2. The Morgan fingerprint density at radius 3 is 2.86 bits per heavy atom. The average Bonchev–Trinajstić information content (AvgIpc) is 1.69. The van der Waals surface area contributed by atoms with Crippen molar-refractivity contribution < 1.29 is 0 Å². The summed E-state index contributed by atoms with van der Waals surface area (Å²) in [5, 5.41) is 3.06. The summed E-state index contributed by atoms with van der Waals surface area (Å²) in [5.41, 5.74) is 1.35. The highest BCUT2D eigenvalue weighted by molar-refractivity contribution is 5.19. The van der Waals surface area contributed by atoms with E-state index in [2.05, 4.69) is 24.4 Å². The van der Waals surface area contributed by atoms with Crippen LogP contribution in [0.25, 0.3) is 0 Å². The molecular weight excluding hydrogens is 86.1 g/mol. The minimum atomic E-state index is 0.988. The van der Waals surface area contributed by atoms with Gasteiger partial charge < -0.3 is 5.32 Å². The van der Waals surface area contributed by atoms with E-state index < -0.39 is 0 Å². The number of rotatable bonds is 0. The van der Waals surface area contributed by atoms with Gasteiger partial charge >= 0.3 is 0 Å². The van der Waals surface area contributed by atoms with E-state index in [0.29, 0.717) is 0 Å². The first-order valence-electron chi connectivity index (χ1n) is 2.46. The summed E-state index contributed by atoms with van der Waals surface area (Å²) >= 11 is 0. The van der Waals surface area contributed by atoms with E-state index in [1.165, 1.54) is 5.57 Å². The van der Waals surface area contributed by atoms with Gasteiger partial charge in [0.25, 0.3) is 0 Å². The van der Waals surface area contributed by atoms with E-state index in [-0.39, 0.29) is 0 Å². The summed E-state index contributed by atoms with van der Waals surface area (Å²) in [5.74, 6) is 0. The SMILES string of the molecule is CC1=CCNC=C1. The van der Waals surface area contributed by atoms with Crippen molar-refractivity contribution in [2.45, 2.75) is 6.92 Å². The lowest BCUT2D eigenvalue weighted by Crippen LogP contribution is -2.07. The van der Waals surface area contributed by atoms with Crippen LogP contribution in [0.2, 0.25) is 0 Å². The molecule has 1 heteroatoms. The monoisotopic (exact) mass is 95.1 g/mol. The second-order valence-corrected chi connectivity index (χ2v) is 1.69. The molecular formula is C6H9N. The highest BCUT2D eigenvalue weighted by Crippen LogP contribution is 1.95. The summed E-state index contributed by atoms with van der Waals surface area (Å²) in [7, 11) is 0. The Morgan fingerprint density at radius 2 is 2.57 bits per heavy atom. The highest BCUT2D eigenvalue weighted by Gasteiger charge is 1.84. The van der Waals surface area contributed by atoms with Crippen molar-refractivity contribution in [1.29, 1.82) is 0 Å². The van der Waals surface area contributed by atoms with Gasteiger partial charge in [0.1, 0.15) is 0 Å². The molecule has 0 amide bonds. The predicted molar refractivity (Wildman–Crippen MR) is 30.9 cm³/mol. The Labute approximate surface area is 43.7 Å². The molecule has 0 fully saturated rings. The van der Waals surface area contributed by atoms with Crippen molar-refractivity contribution in [3.63, 3.8) is 0 Å². The molecule has 0 radical (unpaired) electrons. The van der Waals surface area contributed by atoms with Crippen molar-refractivity contribution >= 4 is 0 Å². The van der Waals surface area contributed by atoms with Crippen LogP contribution in [0, 0.1) is 0 Å². The van der Waals surface area contributed by atoms with Crippen LogP contribution in [-0.4, -0.2) is 6.54 Å². The number of hydrogen-bond acceptors (Lipinski definition) is 1. The van der Waals surface area contributed by atoms with Crippen molar-refractivity contribution in [2.75, 3.05) is 6.54 Å². The fraction of sp³-hybridized carbons (Fsp3) is 0.333. The first kappa shape index (κ1) is 4.44. The van der Waals surface area contributed by atoms with Gasteiger partial charge in [-0.2, -0.15) is 0 Å². The summed E-state index contributed by atoms with van der Waals surface area (Å²) in [6.45, 7) is 3.08. The molecule has 0 saturated carbocycles. The second-order valence-electron chi connectivity index (χ2n) is 1.69. The maximum absolute atomic E-state index is 3.06. The zero-order valence-electron chi connectivity index (χ0n) is 4.44. The fourth-order valence-electron chi connectivity index (χ4n) is 0.546. The molecule has 1 N–H and O–H groups in total. The molecule has 1 rings (SSSR count). The minimum absolute atomic E-state index is 0.988. The van der Waals surface area contributed by atoms with Crippen LogP contribution < -0.4 is 5.32 Å². The Kier molecular flexibility index (Phi) is 1.16. The van der Waals surface area contributed by atoms with E-state index in [1.54, 1.807) is 0 Å². The Balaban J connectivity index is 2.58. The summed E-state index contributed by atoms with van der Waals surface area (Å²) in [6, 6.07) is 0. The molecule has 0 aliphatic carbocycles. The van der Waals surface area contributed by atoms with Gasteiger partial charge in [0.15, 0.2) is 0 Å². The van der Waals surface area contributed by atoms with Crippen molar-refractivity contribution in [2.24, 2.45) is 0 Å². The molecule has 0 spiro atoms. The lowest BCUT2D eigenvalue weighted by molar-refractivity contribution is 0.958. The molecule has 0 aromatic heterocycles. The number of hydrogen-bond donors (Lipinski definition) is 1. The molecule has 0 bridgehead atoms. The molecule has 1 aliphatic rings. The smallest absolute Gasteiger partial charge is 0.0330 e. The molecule has 0 atom stereocenters. The maximum Gasteiger partial charge on any atom is 0.0330 e. The van der Waals surface area contributed by atoms with Gasteiger partial charge in [0, 0.05) is 6.54 Å². The van der Waals surface area contributed by atoms with Crippen molar-refractivity contribution in [3.8, 4) is 0 Å². The van der Waals surface area contributed by atoms with Crippen molar-refractivity contribution in [1.82, 2.24) is 5.32 Å². The number of nitrogens with one attached hydrogen (secondary N) is 1. The third-order valence-electron chi connectivity index (χ3n) is 1.01. The highest BCUT2D eigenvalue weighted by atomic mass is 14.8. The van der Waals surface area contributed by atoms with Gasteiger partial charge in [-0.1, -0.05) is 11.6 Å². The molecule has 0 saturated heterocycles. The molecule has 7 heavy (non-hydrogen) atoms.